The molecule has 6 nitrogen and oxygen atoms in total. The Kier molecular flexibility index (Phi) is 4.34. The monoisotopic (exact) mass is 375 g/mol. The van der Waals surface area contributed by atoms with E-state index in [9.17, 15) is 4.79 Å². The van der Waals surface area contributed by atoms with Gasteiger partial charge in [0.2, 0.25) is 0 Å². The van der Waals surface area contributed by atoms with Crippen molar-refractivity contribution >= 4 is 16.7 Å². The third-order valence-corrected chi connectivity index (χ3v) is 6.13. The summed E-state index contributed by atoms with van der Waals surface area (Å²) in [5.74, 6) is 2.60. The molecule has 144 valence electrons. The smallest absolute Gasteiger partial charge is 0.261 e. The van der Waals surface area contributed by atoms with Crippen LogP contribution in [0, 0.1) is 6.92 Å². The highest BCUT2D eigenvalue weighted by Gasteiger charge is 2.33. The van der Waals surface area contributed by atoms with Gasteiger partial charge < -0.3 is 4.90 Å². The predicted molar refractivity (Wildman–Crippen MR) is 110 cm³/mol. The molecule has 2 fully saturated rings. The molecule has 2 aromatic heterocycles. The first-order chi connectivity index (χ1) is 13.7. The molecule has 6 heteroatoms. The van der Waals surface area contributed by atoms with Crippen molar-refractivity contribution in [3.05, 3.63) is 58.5 Å². The van der Waals surface area contributed by atoms with Gasteiger partial charge in [-0.2, -0.15) is 0 Å². The van der Waals surface area contributed by atoms with Gasteiger partial charge in [-0.05, 0) is 50.8 Å². The Labute approximate surface area is 164 Å². The van der Waals surface area contributed by atoms with E-state index in [0.717, 1.165) is 60.6 Å². The molecule has 0 spiro atoms. The third-order valence-electron chi connectivity index (χ3n) is 6.13. The molecule has 0 amide bonds. The van der Waals surface area contributed by atoms with Crippen molar-refractivity contribution < 1.29 is 0 Å². The summed E-state index contributed by atoms with van der Waals surface area (Å²) in [6.07, 6.45) is 8.36. The fourth-order valence-corrected chi connectivity index (χ4v) is 4.83. The van der Waals surface area contributed by atoms with E-state index in [1.807, 2.05) is 48.0 Å². The Morgan fingerprint density at radius 2 is 1.82 bits per heavy atom. The predicted octanol–water partition coefficient (Wildman–Crippen LogP) is 3.95. The normalized spacial score (nSPS) is 20.3. The minimum atomic E-state index is 0.0761. The standard InChI is InChI=1S/C22H25N5O/c1-15-23-13-12-20(24-15)26-14-6-11-19(26)21-25-18-10-5-4-9-17(18)22(28)27(21)16-7-2-3-8-16/h4-5,9-10,12-13,16,19H,2-3,6-8,11,14H2,1H3. The number of benzene rings is 1. The van der Waals surface area contributed by atoms with Crippen molar-refractivity contribution in [2.45, 2.75) is 57.5 Å². The van der Waals surface area contributed by atoms with Gasteiger partial charge in [-0.3, -0.25) is 9.36 Å². The molecule has 0 radical (unpaired) electrons. The first-order valence-electron chi connectivity index (χ1n) is 10.3. The molecule has 5 rings (SSSR count). The van der Waals surface area contributed by atoms with E-state index in [1.165, 1.54) is 12.8 Å². The van der Waals surface area contributed by atoms with Crippen LogP contribution in [0.3, 0.4) is 0 Å². The van der Waals surface area contributed by atoms with Gasteiger partial charge in [0.05, 0.1) is 16.9 Å². The first kappa shape index (κ1) is 17.3. The summed E-state index contributed by atoms with van der Waals surface area (Å²) in [6, 6.07) is 10.0. The molecule has 28 heavy (non-hydrogen) atoms. The van der Waals surface area contributed by atoms with E-state index in [-0.39, 0.29) is 17.6 Å². The summed E-state index contributed by atoms with van der Waals surface area (Å²) < 4.78 is 2.02. The summed E-state index contributed by atoms with van der Waals surface area (Å²) in [4.78, 5) is 29.7. The highest BCUT2D eigenvalue weighted by molar-refractivity contribution is 5.77. The Balaban J connectivity index is 1.68. The van der Waals surface area contributed by atoms with E-state index < -0.39 is 0 Å². The molecule has 2 aliphatic rings. The number of fused-ring (bicyclic) bond motifs is 1. The number of rotatable bonds is 3. The van der Waals surface area contributed by atoms with Crippen LogP contribution in [0.1, 0.15) is 62.3 Å². The molecular weight excluding hydrogens is 350 g/mol. The van der Waals surface area contributed by atoms with Crippen LogP contribution in [-0.2, 0) is 0 Å². The van der Waals surface area contributed by atoms with Crippen molar-refractivity contribution in [3.63, 3.8) is 0 Å². The second kappa shape index (κ2) is 7.00. The second-order valence-electron chi connectivity index (χ2n) is 7.91. The van der Waals surface area contributed by atoms with Crippen LogP contribution in [0.25, 0.3) is 10.9 Å². The van der Waals surface area contributed by atoms with Crippen LogP contribution >= 0.6 is 0 Å². The van der Waals surface area contributed by atoms with Crippen LogP contribution in [-0.4, -0.2) is 26.1 Å². The Morgan fingerprint density at radius 1 is 1.00 bits per heavy atom. The second-order valence-corrected chi connectivity index (χ2v) is 7.91. The maximum absolute atomic E-state index is 13.5. The van der Waals surface area contributed by atoms with Crippen LogP contribution in [0.15, 0.2) is 41.3 Å². The van der Waals surface area contributed by atoms with E-state index in [4.69, 9.17) is 4.98 Å². The fourth-order valence-electron chi connectivity index (χ4n) is 4.83. The van der Waals surface area contributed by atoms with Crippen molar-refractivity contribution in [1.82, 2.24) is 19.5 Å². The molecule has 0 N–H and O–H groups in total. The SMILES string of the molecule is Cc1nccc(N2CCCC2c2nc3ccccc3c(=O)n2C2CCCC2)n1. The number of nitrogens with zero attached hydrogens (tertiary/aromatic N) is 5. The molecule has 1 atom stereocenters. The number of para-hydroxylation sites is 1. The Hall–Kier alpha value is -2.76. The molecule has 3 heterocycles. The zero-order valence-corrected chi connectivity index (χ0v) is 16.2. The summed E-state index contributed by atoms with van der Waals surface area (Å²) in [6.45, 7) is 2.84. The molecule has 1 saturated heterocycles. The lowest BCUT2D eigenvalue weighted by Crippen LogP contribution is -2.34. The lowest BCUT2D eigenvalue weighted by atomic mass is 10.1. The van der Waals surface area contributed by atoms with Crippen LogP contribution < -0.4 is 10.5 Å². The van der Waals surface area contributed by atoms with Crippen LogP contribution in [0.5, 0.6) is 0 Å². The van der Waals surface area contributed by atoms with Crippen molar-refractivity contribution in [3.8, 4) is 0 Å². The molecule has 1 aromatic carbocycles. The summed E-state index contributed by atoms with van der Waals surface area (Å²) in [5.41, 5.74) is 0.903. The topological polar surface area (TPSA) is 63.9 Å². The van der Waals surface area contributed by atoms with Gasteiger partial charge in [-0.25, -0.2) is 15.0 Å². The molecular formula is C22H25N5O. The van der Waals surface area contributed by atoms with Crippen LogP contribution in [0.4, 0.5) is 5.82 Å². The van der Waals surface area contributed by atoms with Crippen molar-refractivity contribution in [2.75, 3.05) is 11.4 Å². The maximum atomic E-state index is 13.5. The minimum Gasteiger partial charge on any atom is -0.346 e. The van der Waals surface area contributed by atoms with Gasteiger partial charge in [0, 0.05) is 18.8 Å². The van der Waals surface area contributed by atoms with Gasteiger partial charge in [0.25, 0.3) is 5.56 Å². The number of hydrogen-bond acceptors (Lipinski definition) is 5. The highest BCUT2D eigenvalue weighted by atomic mass is 16.1. The quantitative estimate of drug-likeness (QED) is 0.693. The largest absolute Gasteiger partial charge is 0.346 e. The van der Waals surface area contributed by atoms with E-state index in [2.05, 4.69) is 14.9 Å². The number of anilines is 1. The average Bonchev–Trinajstić information content (AvgIpc) is 3.40. The minimum absolute atomic E-state index is 0.0761. The highest BCUT2D eigenvalue weighted by Crippen LogP contribution is 2.37. The lowest BCUT2D eigenvalue weighted by Gasteiger charge is -2.29. The van der Waals surface area contributed by atoms with E-state index in [0.29, 0.717) is 0 Å². The summed E-state index contributed by atoms with van der Waals surface area (Å²) in [7, 11) is 0. The molecule has 1 unspecified atom stereocenters. The molecule has 1 aliphatic heterocycles. The zero-order chi connectivity index (χ0) is 19.1. The van der Waals surface area contributed by atoms with Crippen molar-refractivity contribution in [1.29, 1.82) is 0 Å². The lowest BCUT2D eigenvalue weighted by molar-refractivity contribution is 0.454. The molecule has 0 bridgehead atoms. The average molecular weight is 375 g/mol. The Morgan fingerprint density at radius 3 is 2.64 bits per heavy atom. The Bertz CT molecular complexity index is 1070. The van der Waals surface area contributed by atoms with Gasteiger partial charge >= 0.3 is 0 Å². The van der Waals surface area contributed by atoms with Gasteiger partial charge in [0.15, 0.2) is 0 Å². The van der Waals surface area contributed by atoms with Gasteiger partial charge in [-0.1, -0.05) is 25.0 Å². The third kappa shape index (κ3) is 2.87. The maximum Gasteiger partial charge on any atom is 0.261 e. The summed E-state index contributed by atoms with van der Waals surface area (Å²) >= 11 is 0. The summed E-state index contributed by atoms with van der Waals surface area (Å²) in [5, 5.41) is 0.723. The van der Waals surface area contributed by atoms with Gasteiger partial charge in [-0.15, -0.1) is 0 Å². The van der Waals surface area contributed by atoms with E-state index >= 15 is 0 Å². The number of aromatic nitrogens is 4. The number of aryl methyl sites for hydroxylation is 1. The van der Waals surface area contributed by atoms with Crippen molar-refractivity contribution in [2.24, 2.45) is 0 Å². The van der Waals surface area contributed by atoms with Crippen LogP contribution in [0.2, 0.25) is 0 Å². The zero-order valence-electron chi connectivity index (χ0n) is 16.2. The first-order valence-corrected chi connectivity index (χ1v) is 10.3. The molecule has 1 saturated carbocycles. The fraction of sp³-hybridized carbons (Fsp3) is 0.455. The van der Waals surface area contributed by atoms with E-state index in [1.54, 1.807) is 0 Å². The van der Waals surface area contributed by atoms with Gasteiger partial charge in [0.1, 0.15) is 17.5 Å². The molecule has 3 aromatic rings. The number of hydrogen-bond donors (Lipinski definition) is 0. The molecule has 1 aliphatic carbocycles.